The lowest BCUT2D eigenvalue weighted by Gasteiger charge is -2.05. The van der Waals surface area contributed by atoms with E-state index < -0.39 is 23.3 Å². The topological polar surface area (TPSA) is 35.0 Å². The van der Waals surface area contributed by atoms with Gasteiger partial charge in [0.2, 0.25) is 0 Å². The maximum absolute atomic E-state index is 14.5. The molecule has 0 radical (unpaired) electrons. The molecule has 0 amide bonds. The van der Waals surface area contributed by atoms with Gasteiger partial charge in [0.1, 0.15) is 11.6 Å². The number of rotatable bonds is 5. The molecule has 1 aromatic heterocycles. The Morgan fingerprint density at radius 2 is 1.61 bits per heavy atom. The van der Waals surface area contributed by atoms with Gasteiger partial charge in [-0.2, -0.15) is 0 Å². The first-order valence-corrected chi connectivity index (χ1v) is 10.3. The van der Waals surface area contributed by atoms with Crippen molar-refractivity contribution in [3.05, 3.63) is 101 Å². The van der Waals surface area contributed by atoms with Gasteiger partial charge in [0.05, 0.1) is 24.6 Å². The van der Waals surface area contributed by atoms with Crippen LogP contribution in [0, 0.1) is 35.1 Å². The molecule has 0 aliphatic rings. The first kappa shape index (κ1) is 22.3. The first-order valence-electron chi connectivity index (χ1n) is 10.3. The van der Waals surface area contributed by atoms with Gasteiger partial charge in [0.25, 0.3) is 0 Å². The lowest BCUT2D eigenvalue weighted by molar-refractivity contribution is 0.337. The number of hydrogen-bond donors (Lipinski definition) is 0. The van der Waals surface area contributed by atoms with E-state index in [9.17, 15) is 17.6 Å². The van der Waals surface area contributed by atoms with E-state index in [2.05, 4.69) is 21.8 Å². The van der Waals surface area contributed by atoms with Crippen molar-refractivity contribution in [1.82, 2.24) is 9.97 Å². The van der Waals surface area contributed by atoms with Crippen LogP contribution in [0.5, 0.6) is 5.75 Å². The number of nitrogens with zero attached hydrogens (tertiary/aromatic N) is 2. The van der Waals surface area contributed by atoms with E-state index in [1.54, 1.807) is 24.5 Å². The number of fused-ring (bicyclic) bond motifs is 1. The van der Waals surface area contributed by atoms with E-state index in [0.717, 1.165) is 11.6 Å². The maximum atomic E-state index is 14.5. The summed E-state index contributed by atoms with van der Waals surface area (Å²) in [6.07, 6.45) is 4.31. The quantitative estimate of drug-likeness (QED) is 0.220. The highest BCUT2D eigenvalue weighted by molar-refractivity contribution is 5.84. The van der Waals surface area contributed by atoms with E-state index in [-0.39, 0.29) is 16.3 Å². The monoisotopic (exact) mass is 450 g/mol. The van der Waals surface area contributed by atoms with Crippen molar-refractivity contribution in [2.75, 3.05) is 6.61 Å². The molecular weight excluding hydrogens is 432 g/mol. The first-order chi connectivity index (χ1) is 15.9. The Kier molecular flexibility index (Phi) is 6.55. The summed E-state index contributed by atoms with van der Waals surface area (Å²) >= 11 is 0. The summed E-state index contributed by atoms with van der Waals surface area (Å²) in [6.45, 7) is 2.41. The number of halogens is 4. The van der Waals surface area contributed by atoms with Crippen LogP contribution in [0.25, 0.3) is 10.8 Å². The third kappa shape index (κ3) is 5.12. The van der Waals surface area contributed by atoms with E-state index in [4.69, 9.17) is 4.74 Å². The average Bonchev–Trinajstić information content (AvgIpc) is 2.81. The Balaban J connectivity index is 1.47. The summed E-state index contributed by atoms with van der Waals surface area (Å²) in [5.41, 5.74) is 1.38. The molecule has 4 rings (SSSR count). The van der Waals surface area contributed by atoms with Gasteiger partial charge in [-0.15, -0.1) is 0 Å². The average molecular weight is 450 g/mol. The van der Waals surface area contributed by atoms with E-state index in [1.165, 1.54) is 24.3 Å². The molecule has 0 aliphatic heterocycles. The predicted molar refractivity (Wildman–Crippen MR) is 117 cm³/mol. The van der Waals surface area contributed by atoms with Crippen LogP contribution < -0.4 is 4.74 Å². The second-order valence-corrected chi connectivity index (χ2v) is 7.25. The number of aromatic nitrogens is 2. The number of benzene rings is 3. The van der Waals surface area contributed by atoms with Crippen LogP contribution in [0.3, 0.4) is 0 Å². The second-order valence-electron chi connectivity index (χ2n) is 7.25. The molecule has 3 aromatic carbocycles. The van der Waals surface area contributed by atoms with Crippen molar-refractivity contribution >= 4 is 10.8 Å². The third-order valence-corrected chi connectivity index (χ3v) is 4.98. The van der Waals surface area contributed by atoms with Crippen molar-refractivity contribution in [2.45, 2.75) is 19.8 Å². The smallest absolute Gasteiger partial charge is 0.195 e. The molecule has 166 valence electrons. The minimum atomic E-state index is -1.52. The summed E-state index contributed by atoms with van der Waals surface area (Å²) in [4.78, 5) is 8.47. The van der Waals surface area contributed by atoms with Crippen molar-refractivity contribution in [1.29, 1.82) is 0 Å². The summed E-state index contributed by atoms with van der Waals surface area (Å²) in [5, 5.41) is 0.122. The Bertz CT molecular complexity index is 1380. The lowest BCUT2D eigenvalue weighted by atomic mass is 10.0. The fourth-order valence-electron chi connectivity index (χ4n) is 3.31. The molecular formula is C26H18F4N2O. The third-order valence-electron chi connectivity index (χ3n) is 4.98. The van der Waals surface area contributed by atoms with Crippen LogP contribution in [0.2, 0.25) is 0 Å². The maximum Gasteiger partial charge on any atom is 0.195 e. The number of hydrogen-bond acceptors (Lipinski definition) is 3. The van der Waals surface area contributed by atoms with Gasteiger partial charge in [-0.1, -0.05) is 24.0 Å². The Morgan fingerprint density at radius 3 is 2.33 bits per heavy atom. The summed E-state index contributed by atoms with van der Waals surface area (Å²) in [5.74, 6) is 2.22. The van der Waals surface area contributed by atoms with E-state index >= 15 is 0 Å². The van der Waals surface area contributed by atoms with Gasteiger partial charge in [-0.25, -0.2) is 27.5 Å². The molecule has 0 N–H and O–H groups in total. The molecule has 0 saturated heterocycles. The van der Waals surface area contributed by atoms with Gasteiger partial charge in [-0.3, -0.25) is 0 Å². The molecule has 0 atom stereocenters. The van der Waals surface area contributed by atoms with Crippen LogP contribution in [0.15, 0.2) is 54.9 Å². The van der Waals surface area contributed by atoms with Crippen LogP contribution in [-0.2, 0) is 12.8 Å². The van der Waals surface area contributed by atoms with Gasteiger partial charge >= 0.3 is 0 Å². The number of aryl methyl sites for hydroxylation is 2. The second kappa shape index (κ2) is 9.70. The Labute approximate surface area is 188 Å². The fraction of sp³-hybridized carbons (Fsp3) is 0.154. The van der Waals surface area contributed by atoms with Crippen LogP contribution in [0.4, 0.5) is 17.6 Å². The molecule has 0 fully saturated rings. The molecule has 33 heavy (non-hydrogen) atoms. The molecule has 4 aromatic rings. The lowest BCUT2D eigenvalue weighted by Crippen LogP contribution is -2.00. The van der Waals surface area contributed by atoms with Crippen molar-refractivity contribution < 1.29 is 22.3 Å². The van der Waals surface area contributed by atoms with Crippen LogP contribution in [-0.4, -0.2) is 16.6 Å². The Morgan fingerprint density at radius 1 is 0.818 bits per heavy atom. The highest BCUT2D eigenvalue weighted by Crippen LogP contribution is 2.24. The zero-order valence-corrected chi connectivity index (χ0v) is 17.6. The zero-order valence-electron chi connectivity index (χ0n) is 17.6. The minimum Gasteiger partial charge on any atom is -0.491 e. The Hall–Kier alpha value is -3.92. The zero-order chi connectivity index (χ0) is 23.4. The van der Waals surface area contributed by atoms with Gasteiger partial charge in [0, 0.05) is 17.4 Å². The summed E-state index contributed by atoms with van der Waals surface area (Å²) < 4.78 is 60.5. The van der Waals surface area contributed by atoms with Gasteiger partial charge in [-0.05, 0) is 54.6 Å². The normalized spacial score (nSPS) is 10.7. The molecule has 0 bridgehead atoms. The minimum absolute atomic E-state index is 0.0495. The fourth-order valence-corrected chi connectivity index (χ4v) is 3.31. The molecule has 1 heterocycles. The highest BCUT2D eigenvalue weighted by atomic mass is 19.2. The molecule has 0 aliphatic carbocycles. The summed E-state index contributed by atoms with van der Waals surface area (Å²) in [7, 11) is 0. The standard InChI is InChI=1S/C26H18F4N2O/c1-2-33-20-14-31-24(32-15-20)10-6-17-4-8-18(22(27)12-17)7-3-16-5-9-21-19(11-16)13-23(28)26(30)25(21)29/h4-5,8-9,11-15H,2,6,10H2,1H3. The van der Waals surface area contributed by atoms with Crippen LogP contribution >= 0.6 is 0 Å². The molecule has 0 spiro atoms. The van der Waals surface area contributed by atoms with Gasteiger partial charge in [0.15, 0.2) is 23.2 Å². The van der Waals surface area contributed by atoms with Crippen molar-refractivity contribution in [3.8, 4) is 17.6 Å². The highest BCUT2D eigenvalue weighted by Gasteiger charge is 2.13. The van der Waals surface area contributed by atoms with Crippen LogP contribution in [0.1, 0.15) is 29.4 Å². The molecule has 0 unspecified atom stereocenters. The van der Waals surface area contributed by atoms with Crippen molar-refractivity contribution in [3.63, 3.8) is 0 Å². The van der Waals surface area contributed by atoms with Gasteiger partial charge < -0.3 is 4.74 Å². The summed E-state index contributed by atoms with van der Waals surface area (Å²) in [6, 6.07) is 9.88. The largest absolute Gasteiger partial charge is 0.491 e. The van der Waals surface area contributed by atoms with E-state index in [0.29, 0.717) is 36.6 Å². The number of ether oxygens (including phenoxy) is 1. The molecule has 7 heteroatoms. The van der Waals surface area contributed by atoms with E-state index in [1.807, 2.05) is 6.92 Å². The SMILES string of the molecule is CCOc1cnc(CCc2ccc(C#Cc3ccc4c(F)c(F)c(F)cc4c3)c(F)c2)nc1. The molecule has 0 saturated carbocycles. The molecule has 3 nitrogen and oxygen atoms in total. The van der Waals surface area contributed by atoms with Crippen molar-refractivity contribution in [2.24, 2.45) is 0 Å². The predicted octanol–water partition coefficient (Wildman–Crippen LogP) is 5.77.